The molecule has 2 heterocycles. The highest BCUT2D eigenvalue weighted by molar-refractivity contribution is 7.17. The fourth-order valence-corrected chi connectivity index (χ4v) is 4.20. The van der Waals surface area contributed by atoms with Crippen LogP contribution in [0.1, 0.15) is 24.4 Å². The Morgan fingerprint density at radius 2 is 1.93 bits per heavy atom. The summed E-state index contributed by atoms with van der Waals surface area (Å²) in [4.78, 5) is 16.4. The van der Waals surface area contributed by atoms with E-state index in [1.165, 1.54) is 18.3 Å². The van der Waals surface area contributed by atoms with E-state index in [9.17, 15) is 10.1 Å². The van der Waals surface area contributed by atoms with Crippen LogP contribution in [-0.2, 0) is 4.79 Å². The van der Waals surface area contributed by atoms with Gasteiger partial charge in [-0.25, -0.2) is 4.98 Å². The molecule has 1 amide bonds. The first-order valence-electron chi connectivity index (χ1n) is 9.48. The maximum absolute atomic E-state index is 11.7. The van der Waals surface area contributed by atoms with Crippen molar-refractivity contribution in [1.29, 1.82) is 5.26 Å². The Labute approximate surface area is 179 Å². The lowest BCUT2D eigenvalue weighted by atomic mass is 10.0. The summed E-state index contributed by atoms with van der Waals surface area (Å²) in [6, 6.07) is 19.7. The van der Waals surface area contributed by atoms with E-state index in [0.717, 1.165) is 22.4 Å². The van der Waals surface area contributed by atoms with Crippen LogP contribution in [0.3, 0.4) is 0 Å². The Balaban J connectivity index is 1.77. The smallest absolute Gasteiger partial charge is 0.221 e. The third-order valence-corrected chi connectivity index (χ3v) is 5.64. The number of amides is 1. The number of aromatic nitrogens is 1. The van der Waals surface area contributed by atoms with E-state index in [4.69, 9.17) is 4.74 Å². The number of fused-ring (bicyclic) bond motifs is 1. The molecule has 0 radical (unpaired) electrons. The van der Waals surface area contributed by atoms with Crippen molar-refractivity contribution in [1.82, 2.24) is 4.98 Å². The molecule has 0 spiro atoms. The lowest BCUT2D eigenvalue weighted by Gasteiger charge is -2.22. The predicted octanol–water partition coefficient (Wildman–Crippen LogP) is 5.54. The molecule has 1 aromatic heterocycles. The molecule has 1 aliphatic heterocycles. The summed E-state index contributed by atoms with van der Waals surface area (Å²) in [5.74, 6) is 0.646. The minimum absolute atomic E-state index is 0.182. The van der Waals surface area contributed by atoms with Crippen LogP contribution < -0.4 is 10.1 Å². The minimum atomic E-state index is -0.188. The largest absolute Gasteiger partial charge is 0.485 e. The van der Waals surface area contributed by atoms with Gasteiger partial charge in [0.05, 0.1) is 5.57 Å². The molecule has 30 heavy (non-hydrogen) atoms. The van der Waals surface area contributed by atoms with Gasteiger partial charge in [0.2, 0.25) is 5.91 Å². The van der Waals surface area contributed by atoms with Gasteiger partial charge in [-0.3, -0.25) is 4.79 Å². The predicted molar refractivity (Wildman–Crippen MR) is 120 cm³/mol. The lowest BCUT2D eigenvalue weighted by molar-refractivity contribution is -0.114. The molecule has 2 aromatic carbocycles. The molecular formula is C24H19N3O2S. The molecule has 6 heteroatoms. The quantitative estimate of drug-likeness (QED) is 0.570. The first kappa shape index (κ1) is 19.6. The van der Waals surface area contributed by atoms with Crippen molar-refractivity contribution in [2.75, 3.05) is 5.32 Å². The Bertz CT molecular complexity index is 1200. The fraction of sp³-hybridized carbons (Fsp3) is 0.125. The van der Waals surface area contributed by atoms with E-state index in [2.05, 4.69) is 16.4 Å². The van der Waals surface area contributed by atoms with Crippen molar-refractivity contribution in [2.24, 2.45) is 0 Å². The second-order valence-corrected chi connectivity index (χ2v) is 7.86. The first-order valence-corrected chi connectivity index (χ1v) is 10.3. The summed E-state index contributed by atoms with van der Waals surface area (Å²) >= 11 is 1.29. The molecule has 0 fully saturated rings. The zero-order chi connectivity index (χ0) is 21.1. The summed E-state index contributed by atoms with van der Waals surface area (Å²) in [6.07, 6.45) is 3.65. The van der Waals surface area contributed by atoms with Gasteiger partial charge in [-0.15, -0.1) is 0 Å². The first-order chi connectivity index (χ1) is 14.5. The Kier molecular flexibility index (Phi) is 5.46. The zero-order valence-corrected chi connectivity index (χ0v) is 17.4. The number of hydrogen-bond acceptors (Lipinski definition) is 5. The highest BCUT2D eigenvalue weighted by Crippen LogP contribution is 2.37. The Hall–Kier alpha value is -3.69. The number of nitrogens with one attached hydrogen (secondary N) is 1. The number of nitriles is 1. The summed E-state index contributed by atoms with van der Waals surface area (Å²) in [5, 5.41) is 13.8. The van der Waals surface area contributed by atoms with Gasteiger partial charge in [-0.05, 0) is 30.7 Å². The van der Waals surface area contributed by atoms with Crippen LogP contribution in [0, 0.1) is 11.3 Å². The number of anilines is 1. The summed E-state index contributed by atoms with van der Waals surface area (Å²) in [6.45, 7) is 3.41. The van der Waals surface area contributed by atoms with Crippen molar-refractivity contribution in [3.63, 3.8) is 0 Å². The van der Waals surface area contributed by atoms with Gasteiger partial charge in [-0.1, -0.05) is 59.9 Å². The van der Waals surface area contributed by atoms with Gasteiger partial charge in [0.25, 0.3) is 0 Å². The average Bonchev–Trinajstić information content (AvgIpc) is 3.15. The van der Waals surface area contributed by atoms with Gasteiger partial charge in [-0.2, -0.15) is 5.26 Å². The van der Waals surface area contributed by atoms with Crippen molar-refractivity contribution in [3.8, 4) is 23.1 Å². The standard InChI is InChI=1S/C24H19N3O2S/c1-15-19(12-18-10-6-7-11-21(18)29-15)13-20(14-25)23-27-22(17-8-4-3-5-9-17)24(30-23)26-16(2)28/h3-13,15H,1-2H3,(H,26,28)/b20-13+/t15-/m1/s1. The summed E-state index contributed by atoms with van der Waals surface area (Å²) in [7, 11) is 0. The molecule has 4 rings (SSSR count). The van der Waals surface area contributed by atoms with Gasteiger partial charge in [0.15, 0.2) is 0 Å². The molecule has 1 aliphatic rings. The second-order valence-electron chi connectivity index (χ2n) is 6.86. The molecule has 0 unspecified atom stereocenters. The van der Waals surface area contributed by atoms with E-state index < -0.39 is 0 Å². The molecule has 1 atom stereocenters. The normalized spacial score (nSPS) is 15.4. The summed E-state index contributed by atoms with van der Waals surface area (Å²) < 4.78 is 5.98. The molecule has 0 saturated heterocycles. The number of nitrogens with zero attached hydrogens (tertiary/aromatic N) is 2. The number of thiazole rings is 1. The van der Waals surface area contributed by atoms with E-state index in [1.807, 2.05) is 73.7 Å². The number of benzene rings is 2. The zero-order valence-electron chi connectivity index (χ0n) is 16.5. The van der Waals surface area contributed by atoms with E-state index >= 15 is 0 Å². The van der Waals surface area contributed by atoms with Crippen LogP contribution in [0.2, 0.25) is 0 Å². The number of carbonyl (C=O) groups excluding carboxylic acids is 1. The second kappa shape index (κ2) is 8.36. The number of para-hydroxylation sites is 1. The van der Waals surface area contributed by atoms with Crippen molar-refractivity contribution >= 4 is 33.9 Å². The molecule has 3 aromatic rings. The third kappa shape index (κ3) is 4.02. The molecule has 0 aliphatic carbocycles. The van der Waals surface area contributed by atoms with Crippen LogP contribution in [-0.4, -0.2) is 17.0 Å². The molecule has 148 valence electrons. The van der Waals surface area contributed by atoms with Crippen molar-refractivity contribution in [2.45, 2.75) is 20.0 Å². The Morgan fingerprint density at radius 3 is 2.67 bits per heavy atom. The number of rotatable bonds is 4. The van der Waals surface area contributed by atoms with Gasteiger partial charge >= 0.3 is 0 Å². The number of allylic oxidation sites excluding steroid dienone is 1. The van der Waals surface area contributed by atoms with Crippen LogP contribution >= 0.6 is 11.3 Å². The summed E-state index contributed by atoms with van der Waals surface area (Å²) in [5.41, 5.74) is 3.82. The van der Waals surface area contributed by atoms with Gasteiger partial charge in [0.1, 0.15) is 33.6 Å². The molecule has 5 nitrogen and oxygen atoms in total. The number of carbonyl (C=O) groups is 1. The number of ether oxygens (including phenoxy) is 1. The molecule has 1 N–H and O–H groups in total. The maximum atomic E-state index is 11.7. The molecule has 0 saturated carbocycles. The number of hydrogen-bond donors (Lipinski definition) is 1. The topological polar surface area (TPSA) is 75.0 Å². The van der Waals surface area contributed by atoms with E-state index in [-0.39, 0.29) is 12.0 Å². The van der Waals surface area contributed by atoms with E-state index in [1.54, 1.807) is 0 Å². The third-order valence-electron chi connectivity index (χ3n) is 4.64. The van der Waals surface area contributed by atoms with Crippen LogP contribution in [0.25, 0.3) is 22.9 Å². The Morgan fingerprint density at radius 1 is 1.20 bits per heavy atom. The van der Waals surface area contributed by atoms with Crippen LogP contribution in [0.15, 0.2) is 66.2 Å². The van der Waals surface area contributed by atoms with Crippen LogP contribution in [0.5, 0.6) is 5.75 Å². The van der Waals surface area contributed by atoms with Crippen LogP contribution in [0.4, 0.5) is 5.00 Å². The fourth-order valence-electron chi connectivity index (χ4n) is 3.20. The van der Waals surface area contributed by atoms with Gasteiger partial charge < -0.3 is 10.1 Å². The highest BCUT2D eigenvalue weighted by atomic mass is 32.1. The lowest BCUT2D eigenvalue weighted by Crippen LogP contribution is -2.17. The average molecular weight is 414 g/mol. The minimum Gasteiger partial charge on any atom is -0.485 e. The van der Waals surface area contributed by atoms with Crippen molar-refractivity contribution < 1.29 is 9.53 Å². The van der Waals surface area contributed by atoms with E-state index in [0.29, 0.717) is 21.3 Å². The SMILES string of the molecule is CC(=O)Nc1sc(/C(C#N)=C/C2=Cc3ccccc3O[C@@H]2C)nc1-c1ccccc1. The van der Waals surface area contributed by atoms with Crippen molar-refractivity contribution in [3.05, 3.63) is 76.8 Å². The highest BCUT2D eigenvalue weighted by Gasteiger charge is 2.20. The molecular weight excluding hydrogens is 394 g/mol. The maximum Gasteiger partial charge on any atom is 0.221 e. The molecule has 0 bridgehead atoms. The monoisotopic (exact) mass is 413 g/mol. The van der Waals surface area contributed by atoms with Gasteiger partial charge in [0, 0.05) is 18.1 Å².